The van der Waals surface area contributed by atoms with Gasteiger partial charge in [-0.25, -0.2) is 0 Å². The van der Waals surface area contributed by atoms with E-state index in [2.05, 4.69) is 4.99 Å². The van der Waals surface area contributed by atoms with E-state index in [4.69, 9.17) is 11.6 Å². The van der Waals surface area contributed by atoms with Crippen LogP contribution in [0.2, 0.25) is 5.02 Å². The Morgan fingerprint density at radius 2 is 1.96 bits per heavy atom. The zero-order chi connectivity index (χ0) is 17.4. The van der Waals surface area contributed by atoms with Gasteiger partial charge >= 0.3 is 0 Å². The van der Waals surface area contributed by atoms with Gasteiger partial charge in [0.25, 0.3) is 11.6 Å². The number of thiazole rings is 1. The number of halogens is 1. The fourth-order valence-corrected chi connectivity index (χ4v) is 3.92. The maximum Gasteiger partial charge on any atom is 0.279 e. The first-order valence-corrected chi connectivity index (χ1v) is 8.15. The Labute approximate surface area is 145 Å². The molecule has 0 aliphatic rings. The molecule has 8 heteroatoms. The Morgan fingerprint density at radius 3 is 2.58 bits per heavy atom. The molecule has 0 spiro atoms. The molecule has 0 fully saturated rings. The number of fused-ring (bicyclic) bond motifs is 1. The molecule has 3 rings (SSSR count). The minimum absolute atomic E-state index is 0.0655. The van der Waals surface area contributed by atoms with Gasteiger partial charge in [0.05, 0.1) is 15.1 Å². The number of nitro benzene ring substituents is 1. The van der Waals surface area contributed by atoms with Crippen LogP contribution >= 0.6 is 22.9 Å². The molecule has 0 radical (unpaired) electrons. The number of hydrogen-bond acceptors (Lipinski definition) is 4. The Hall–Kier alpha value is -2.51. The van der Waals surface area contributed by atoms with Gasteiger partial charge in [0.15, 0.2) is 4.80 Å². The topological polar surface area (TPSA) is 77.5 Å². The van der Waals surface area contributed by atoms with Crippen molar-refractivity contribution in [1.82, 2.24) is 4.57 Å². The molecule has 122 valence electrons. The van der Waals surface area contributed by atoms with Gasteiger partial charge in [-0.05, 0) is 36.8 Å². The standard InChI is InChI=1S/C16H12ClN3O3S/c1-9-7-11(17)8-13-14(9)19(2)16(24-13)18-15(21)10-3-5-12(6-4-10)20(22)23/h3-8H,1-2H3. The van der Waals surface area contributed by atoms with Crippen LogP contribution in [-0.4, -0.2) is 15.4 Å². The minimum Gasteiger partial charge on any atom is -0.319 e. The number of aromatic nitrogens is 1. The summed E-state index contributed by atoms with van der Waals surface area (Å²) >= 11 is 7.44. The lowest BCUT2D eigenvalue weighted by Gasteiger charge is -2.00. The first-order chi connectivity index (χ1) is 11.4. The average molecular weight is 362 g/mol. The number of aryl methyl sites for hydroxylation is 2. The molecule has 6 nitrogen and oxygen atoms in total. The minimum atomic E-state index is -0.510. The second kappa shape index (κ2) is 6.18. The fourth-order valence-electron chi connectivity index (χ4n) is 2.45. The summed E-state index contributed by atoms with van der Waals surface area (Å²) in [7, 11) is 1.84. The van der Waals surface area contributed by atoms with E-state index < -0.39 is 10.8 Å². The lowest BCUT2D eigenvalue weighted by atomic mass is 10.2. The number of benzene rings is 2. The Bertz CT molecular complexity index is 1040. The van der Waals surface area contributed by atoms with Crippen LogP contribution in [0.5, 0.6) is 0 Å². The average Bonchev–Trinajstić information content (AvgIpc) is 2.83. The van der Waals surface area contributed by atoms with Crippen LogP contribution in [0.15, 0.2) is 41.4 Å². The van der Waals surface area contributed by atoms with Crippen molar-refractivity contribution in [3.63, 3.8) is 0 Å². The smallest absolute Gasteiger partial charge is 0.279 e. The van der Waals surface area contributed by atoms with Crippen molar-refractivity contribution in [1.29, 1.82) is 0 Å². The second-order valence-corrected chi connectivity index (χ2v) is 6.68. The highest BCUT2D eigenvalue weighted by atomic mass is 35.5. The molecule has 0 aliphatic carbocycles. The summed E-state index contributed by atoms with van der Waals surface area (Å²) in [6.07, 6.45) is 0. The fraction of sp³-hybridized carbons (Fsp3) is 0.125. The van der Waals surface area contributed by atoms with Gasteiger partial charge < -0.3 is 4.57 Å². The molecule has 0 aliphatic heterocycles. The molecular weight excluding hydrogens is 350 g/mol. The summed E-state index contributed by atoms with van der Waals surface area (Å²) in [4.78, 5) is 27.1. The largest absolute Gasteiger partial charge is 0.319 e. The predicted molar refractivity (Wildman–Crippen MR) is 93.5 cm³/mol. The molecule has 0 bridgehead atoms. The van der Waals surface area contributed by atoms with Gasteiger partial charge in [0.2, 0.25) is 0 Å². The summed E-state index contributed by atoms with van der Waals surface area (Å²) in [6, 6.07) is 9.08. The van der Waals surface area contributed by atoms with E-state index >= 15 is 0 Å². The van der Waals surface area contributed by atoms with Crippen molar-refractivity contribution in [3.8, 4) is 0 Å². The lowest BCUT2D eigenvalue weighted by Crippen LogP contribution is -2.13. The highest BCUT2D eigenvalue weighted by molar-refractivity contribution is 7.16. The van der Waals surface area contributed by atoms with Gasteiger partial charge in [-0.1, -0.05) is 22.9 Å². The quantitative estimate of drug-likeness (QED) is 0.513. The van der Waals surface area contributed by atoms with Crippen LogP contribution in [0, 0.1) is 17.0 Å². The number of rotatable bonds is 2. The predicted octanol–water partition coefficient (Wildman–Crippen LogP) is 3.85. The molecule has 0 unspecified atom stereocenters. The van der Waals surface area contributed by atoms with E-state index in [0.29, 0.717) is 15.4 Å². The summed E-state index contributed by atoms with van der Waals surface area (Å²) in [5.74, 6) is -0.448. The van der Waals surface area contributed by atoms with Crippen LogP contribution < -0.4 is 4.80 Å². The lowest BCUT2D eigenvalue weighted by molar-refractivity contribution is -0.384. The van der Waals surface area contributed by atoms with E-state index in [-0.39, 0.29) is 5.69 Å². The molecular formula is C16H12ClN3O3S. The van der Waals surface area contributed by atoms with E-state index in [1.165, 1.54) is 35.6 Å². The molecule has 1 heterocycles. The Kier molecular flexibility index (Phi) is 4.21. The first kappa shape index (κ1) is 16.4. The zero-order valence-corrected chi connectivity index (χ0v) is 14.4. The maximum atomic E-state index is 12.3. The van der Waals surface area contributed by atoms with Crippen molar-refractivity contribution >= 4 is 44.7 Å². The number of carbonyl (C=O) groups excluding carboxylic acids is 1. The third kappa shape index (κ3) is 2.95. The van der Waals surface area contributed by atoms with Gasteiger partial charge in [0, 0.05) is 29.8 Å². The van der Waals surface area contributed by atoms with E-state index in [0.717, 1.165) is 15.8 Å². The molecule has 2 aromatic carbocycles. The monoisotopic (exact) mass is 361 g/mol. The molecule has 0 saturated carbocycles. The van der Waals surface area contributed by atoms with Crippen molar-refractivity contribution in [3.05, 3.63) is 67.5 Å². The molecule has 1 amide bonds. The Balaban J connectivity index is 2.06. The van der Waals surface area contributed by atoms with Crippen LogP contribution in [0.25, 0.3) is 10.2 Å². The van der Waals surface area contributed by atoms with Gasteiger partial charge in [0.1, 0.15) is 0 Å². The number of amides is 1. The van der Waals surface area contributed by atoms with Gasteiger partial charge in [-0.3, -0.25) is 14.9 Å². The molecule has 0 saturated heterocycles. The summed E-state index contributed by atoms with van der Waals surface area (Å²) in [6.45, 7) is 1.95. The normalized spacial score (nSPS) is 11.9. The van der Waals surface area contributed by atoms with Crippen molar-refractivity contribution in [2.45, 2.75) is 6.92 Å². The molecule has 3 aromatic rings. The molecule has 24 heavy (non-hydrogen) atoms. The van der Waals surface area contributed by atoms with Crippen molar-refractivity contribution < 1.29 is 9.72 Å². The maximum absolute atomic E-state index is 12.3. The van der Waals surface area contributed by atoms with Crippen molar-refractivity contribution in [2.24, 2.45) is 12.0 Å². The van der Waals surface area contributed by atoms with Gasteiger partial charge in [-0.15, -0.1) is 0 Å². The van der Waals surface area contributed by atoms with Crippen LogP contribution in [0.3, 0.4) is 0 Å². The third-order valence-corrected chi connectivity index (χ3v) is 4.87. The third-order valence-electron chi connectivity index (χ3n) is 3.58. The molecule has 0 atom stereocenters. The summed E-state index contributed by atoms with van der Waals surface area (Å²) < 4.78 is 2.78. The second-order valence-electron chi connectivity index (χ2n) is 5.23. The molecule has 1 aromatic heterocycles. The van der Waals surface area contributed by atoms with E-state index in [1.54, 1.807) is 0 Å². The summed E-state index contributed by atoms with van der Waals surface area (Å²) in [5, 5.41) is 11.3. The highest BCUT2D eigenvalue weighted by Crippen LogP contribution is 2.25. The van der Waals surface area contributed by atoms with Crippen LogP contribution in [0.4, 0.5) is 5.69 Å². The number of non-ortho nitro benzene ring substituents is 1. The van der Waals surface area contributed by atoms with E-state index in [9.17, 15) is 14.9 Å². The highest BCUT2D eigenvalue weighted by Gasteiger charge is 2.11. The SMILES string of the molecule is Cc1cc(Cl)cc2sc(=NC(=O)c3ccc([N+](=O)[O-])cc3)n(C)c12. The number of nitrogens with zero attached hydrogens (tertiary/aromatic N) is 3. The van der Waals surface area contributed by atoms with Crippen molar-refractivity contribution in [2.75, 3.05) is 0 Å². The van der Waals surface area contributed by atoms with Crippen LogP contribution in [0.1, 0.15) is 15.9 Å². The number of carbonyl (C=O) groups is 1. The van der Waals surface area contributed by atoms with Gasteiger partial charge in [-0.2, -0.15) is 4.99 Å². The first-order valence-electron chi connectivity index (χ1n) is 6.96. The molecule has 0 N–H and O–H groups in total. The number of hydrogen-bond donors (Lipinski definition) is 0. The zero-order valence-electron chi connectivity index (χ0n) is 12.8. The Morgan fingerprint density at radius 1 is 1.29 bits per heavy atom. The van der Waals surface area contributed by atoms with E-state index in [1.807, 2.05) is 30.7 Å². The number of nitro groups is 1. The summed E-state index contributed by atoms with van der Waals surface area (Å²) in [5.41, 5.74) is 2.21. The van der Waals surface area contributed by atoms with Crippen LogP contribution in [-0.2, 0) is 7.05 Å².